The number of rotatable bonds is 4. The van der Waals surface area contributed by atoms with Crippen LogP contribution in [0.3, 0.4) is 0 Å². The zero-order chi connectivity index (χ0) is 15.1. The van der Waals surface area contributed by atoms with Gasteiger partial charge in [-0.25, -0.2) is 0 Å². The van der Waals surface area contributed by atoms with E-state index < -0.39 is 0 Å². The van der Waals surface area contributed by atoms with E-state index in [1.165, 1.54) is 0 Å². The van der Waals surface area contributed by atoms with Gasteiger partial charge in [-0.2, -0.15) is 5.26 Å². The third-order valence-electron chi connectivity index (χ3n) is 2.89. The molecule has 0 saturated carbocycles. The molecule has 0 saturated heterocycles. The summed E-state index contributed by atoms with van der Waals surface area (Å²) in [6, 6.07) is 17.4. The second-order valence-electron chi connectivity index (χ2n) is 4.43. The maximum atomic E-state index is 8.63. The molecule has 0 heterocycles. The summed E-state index contributed by atoms with van der Waals surface area (Å²) in [6.07, 6.45) is 0.412. The van der Waals surface area contributed by atoms with Crippen LogP contribution in [0.25, 0.3) is 0 Å². The highest BCUT2D eigenvalue weighted by molar-refractivity contribution is 7.80. The molecule has 0 atom stereocenters. The van der Waals surface area contributed by atoms with Gasteiger partial charge in [-0.3, -0.25) is 0 Å². The van der Waals surface area contributed by atoms with Crippen molar-refractivity contribution in [3.63, 3.8) is 0 Å². The Labute approximate surface area is 134 Å². The van der Waals surface area contributed by atoms with E-state index in [0.717, 1.165) is 16.8 Å². The van der Waals surface area contributed by atoms with Gasteiger partial charge in [0.25, 0.3) is 0 Å². The topological polar surface area (TPSA) is 47.9 Å². The van der Waals surface area contributed by atoms with Crippen molar-refractivity contribution in [2.75, 3.05) is 5.32 Å². The summed E-state index contributed by atoms with van der Waals surface area (Å²) in [5, 5.41) is 16.1. The van der Waals surface area contributed by atoms with Crippen molar-refractivity contribution in [1.82, 2.24) is 5.32 Å². The molecule has 0 fully saturated rings. The van der Waals surface area contributed by atoms with Crippen LogP contribution in [-0.4, -0.2) is 5.11 Å². The van der Waals surface area contributed by atoms with E-state index in [-0.39, 0.29) is 0 Å². The van der Waals surface area contributed by atoms with Crippen molar-refractivity contribution < 1.29 is 0 Å². The number of hydrogen-bond donors (Lipinski definition) is 2. The van der Waals surface area contributed by atoms with Crippen molar-refractivity contribution in [3.8, 4) is 6.07 Å². The first kappa shape index (κ1) is 15.3. The van der Waals surface area contributed by atoms with E-state index >= 15 is 0 Å². The standard InChI is InChI=1S/C16H14ClN3S/c17-15-4-2-1-3-13(15)11-19-16(21)20-14-7-5-12(6-8-14)9-10-18/h1-8H,9,11H2,(H2,19,20,21). The van der Waals surface area contributed by atoms with Crippen LogP contribution in [0.1, 0.15) is 11.1 Å². The van der Waals surface area contributed by atoms with Gasteiger partial charge in [0.15, 0.2) is 5.11 Å². The molecule has 5 heteroatoms. The summed E-state index contributed by atoms with van der Waals surface area (Å²) >= 11 is 11.3. The molecule has 106 valence electrons. The summed E-state index contributed by atoms with van der Waals surface area (Å²) in [5.41, 5.74) is 2.86. The van der Waals surface area contributed by atoms with Gasteiger partial charge in [-0.15, -0.1) is 0 Å². The number of nitrogens with zero attached hydrogens (tertiary/aromatic N) is 1. The number of nitriles is 1. The Morgan fingerprint density at radius 3 is 2.52 bits per heavy atom. The van der Waals surface area contributed by atoms with Gasteiger partial charge in [0.05, 0.1) is 12.5 Å². The summed E-state index contributed by atoms with van der Waals surface area (Å²) in [6.45, 7) is 0.567. The Hall–Kier alpha value is -2.09. The molecule has 0 radical (unpaired) electrons. The molecule has 0 aliphatic rings. The number of hydrogen-bond acceptors (Lipinski definition) is 2. The second kappa shape index (κ2) is 7.63. The zero-order valence-electron chi connectivity index (χ0n) is 11.3. The van der Waals surface area contributed by atoms with E-state index in [4.69, 9.17) is 29.1 Å². The average molecular weight is 316 g/mol. The van der Waals surface area contributed by atoms with Crippen LogP contribution in [0, 0.1) is 11.3 Å². The third kappa shape index (κ3) is 4.75. The molecule has 2 rings (SSSR count). The first-order valence-corrected chi connectivity index (χ1v) is 7.22. The smallest absolute Gasteiger partial charge is 0.171 e. The Kier molecular flexibility index (Phi) is 5.56. The molecular formula is C16H14ClN3S. The second-order valence-corrected chi connectivity index (χ2v) is 5.25. The number of nitrogens with one attached hydrogen (secondary N) is 2. The van der Waals surface area contributed by atoms with Crippen LogP contribution in [0.5, 0.6) is 0 Å². The molecule has 2 N–H and O–H groups in total. The quantitative estimate of drug-likeness (QED) is 0.840. The zero-order valence-corrected chi connectivity index (χ0v) is 12.8. The van der Waals surface area contributed by atoms with Crippen molar-refractivity contribution in [1.29, 1.82) is 5.26 Å². The monoisotopic (exact) mass is 315 g/mol. The maximum absolute atomic E-state index is 8.63. The summed E-state index contributed by atoms with van der Waals surface area (Å²) in [5.74, 6) is 0. The maximum Gasteiger partial charge on any atom is 0.171 e. The predicted molar refractivity (Wildman–Crippen MR) is 90.3 cm³/mol. The number of anilines is 1. The van der Waals surface area contributed by atoms with E-state index in [2.05, 4.69) is 16.7 Å². The van der Waals surface area contributed by atoms with Crippen molar-refractivity contribution in [3.05, 3.63) is 64.7 Å². The first-order chi connectivity index (χ1) is 10.2. The van der Waals surface area contributed by atoms with Crippen LogP contribution in [0.2, 0.25) is 5.02 Å². The van der Waals surface area contributed by atoms with Gasteiger partial charge < -0.3 is 10.6 Å². The van der Waals surface area contributed by atoms with Crippen LogP contribution >= 0.6 is 23.8 Å². The molecule has 2 aromatic carbocycles. The fraction of sp³-hybridized carbons (Fsp3) is 0.125. The molecule has 0 aliphatic carbocycles. The molecule has 0 bridgehead atoms. The molecule has 0 aromatic heterocycles. The lowest BCUT2D eigenvalue weighted by Gasteiger charge is -2.11. The Morgan fingerprint density at radius 1 is 1.14 bits per heavy atom. The Morgan fingerprint density at radius 2 is 1.86 bits per heavy atom. The summed E-state index contributed by atoms with van der Waals surface area (Å²) in [7, 11) is 0. The fourth-order valence-corrected chi connectivity index (χ4v) is 2.18. The van der Waals surface area contributed by atoms with Gasteiger partial charge in [-0.05, 0) is 41.5 Å². The molecular weight excluding hydrogens is 302 g/mol. The van der Waals surface area contributed by atoms with Crippen LogP contribution < -0.4 is 10.6 Å². The highest BCUT2D eigenvalue weighted by Gasteiger charge is 2.01. The largest absolute Gasteiger partial charge is 0.358 e. The van der Waals surface area contributed by atoms with Gasteiger partial charge >= 0.3 is 0 Å². The third-order valence-corrected chi connectivity index (χ3v) is 3.51. The molecule has 21 heavy (non-hydrogen) atoms. The first-order valence-electron chi connectivity index (χ1n) is 6.43. The van der Waals surface area contributed by atoms with Gasteiger partial charge in [-0.1, -0.05) is 41.9 Å². The minimum Gasteiger partial charge on any atom is -0.358 e. The lowest BCUT2D eigenvalue weighted by Crippen LogP contribution is -2.27. The molecule has 0 amide bonds. The normalized spacial score (nSPS) is 9.71. The van der Waals surface area contributed by atoms with Crippen LogP contribution in [-0.2, 0) is 13.0 Å². The van der Waals surface area contributed by atoms with Crippen LogP contribution in [0.4, 0.5) is 5.69 Å². The molecule has 0 unspecified atom stereocenters. The van der Waals surface area contributed by atoms with Crippen molar-refractivity contribution in [2.24, 2.45) is 0 Å². The van der Waals surface area contributed by atoms with Crippen molar-refractivity contribution in [2.45, 2.75) is 13.0 Å². The fourth-order valence-electron chi connectivity index (χ4n) is 1.79. The summed E-state index contributed by atoms with van der Waals surface area (Å²) in [4.78, 5) is 0. The number of halogens is 1. The molecule has 2 aromatic rings. The minimum absolute atomic E-state index is 0.412. The van der Waals surface area contributed by atoms with E-state index in [1.807, 2.05) is 48.5 Å². The average Bonchev–Trinajstić information content (AvgIpc) is 2.49. The molecule has 3 nitrogen and oxygen atoms in total. The summed E-state index contributed by atoms with van der Waals surface area (Å²) < 4.78 is 0. The van der Waals surface area contributed by atoms with Crippen LogP contribution in [0.15, 0.2) is 48.5 Å². The SMILES string of the molecule is N#CCc1ccc(NC(=S)NCc2ccccc2Cl)cc1. The number of benzene rings is 2. The van der Waals surface area contributed by atoms with E-state index in [0.29, 0.717) is 23.1 Å². The Bertz CT molecular complexity index is 662. The number of thiocarbonyl (C=S) groups is 1. The molecule has 0 spiro atoms. The van der Waals surface area contributed by atoms with E-state index in [1.54, 1.807) is 0 Å². The predicted octanol–water partition coefficient (Wildman–Crippen LogP) is 3.89. The highest BCUT2D eigenvalue weighted by atomic mass is 35.5. The van der Waals surface area contributed by atoms with Gasteiger partial charge in [0.1, 0.15) is 0 Å². The molecule has 0 aliphatic heterocycles. The van der Waals surface area contributed by atoms with E-state index in [9.17, 15) is 0 Å². The van der Waals surface area contributed by atoms with Gasteiger partial charge in [0.2, 0.25) is 0 Å². The lowest BCUT2D eigenvalue weighted by molar-refractivity contribution is 0.926. The minimum atomic E-state index is 0.412. The highest BCUT2D eigenvalue weighted by Crippen LogP contribution is 2.14. The van der Waals surface area contributed by atoms with Crippen molar-refractivity contribution >= 4 is 34.6 Å². The lowest BCUT2D eigenvalue weighted by atomic mass is 10.1. The Balaban J connectivity index is 1.87. The van der Waals surface area contributed by atoms with Gasteiger partial charge in [0, 0.05) is 17.3 Å².